The maximum Gasteiger partial charge on any atom is 0.287 e. The molecule has 1 aliphatic carbocycles. The Morgan fingerprint density at radius 3 is 2.62 bits per heavy atom. The number of furan rings is 1. The first kappa shape index (κ1) is 16.8. The molecule has 2 aromatic rings. The predicted octanol–water partition coefficient (Wildman–Crippen LogP) is 3.51. The summed E-state index contributed by atoms with van der Waals surface area (Å²) in [5, 5.41) is 7.85. The van der Waals surface area contributed by atoms with E-state index in [1.807, 2.05) is 11.4 Å². The third-order valence-corrected chi connectivity index (χ3v) is 5.46. The molecule has 2 aromatic heterocycles. The van der Waals surface area contributed by atoms with Gasteiger partial charge in [0.2, 0.25) is 5.91 Å². The van der Waals surface area contributed by atoms with Gasteiger partial charge >= 0.3 is 0 Å². The Kier molecular flexibility index (Phi) is 5.35. The molecule has 0 saturated heterocycles. The van der Waals surface area contributed by atoms with Crippen LogP contribution in [0.5, 0.6) is 0 Å². The third kappa shape index (κ3) is 3.87. The van der Waals surface area contributed by atoms with E-state index in [0.717, 1.165) is 12.8 Å². The number of thiophene rings is 1. The molecule has 6 heteroatoms. The summed E-state index contributed by atoms with van der Waals surface area (Å²) in [6.07, 6.45) is 6.14. The van der Waals surface area contributed by atoms with Gasteiger partial charge in [0.1, 0.15) is 6.04 Å². The molecule has 5 nitrogen and oxygen atoms in total. The lowest BCUT2D eigenvalue weighted by atomic mass is 9.96. The maximum absolute atomic E-state index is 12.6. The summed E-state index contributed by atoms with van der Waals surface area (Å²) in [6, 6.07) is 6.71. The Balaban J connectivity index is 1.63. The molecule has 2 atom stereocenters. The van der Waals surface area contributed by atoms with Crippen LogP contribution in [-0.4, -0.2) is 17.9 Å². The number of carbonyl (C=O) groups excluding carboxylic acids is 2. The van der Waals surface area contributed by atoms with Crippen LogP contribution in [0, 0.1) is 5.92 Å². The van der Waals surface area contributed by atoms with Gasteiger partial charge in [0.25, 0.3) is 5.91 Å². The molecular formula is C18H22N2O3S. The minimum Gasteiger partial charge on any atom is -0.459 e. The number of nitrogens with one attached hydrogen (secondary N) is 2. The van der Waals surface area contributed by atoms with Crippen LogP contribution in [0.3, 0.4) is 0 Å². The summed E-state index contributed by atoms with van der Waals surface area (Å²) in [5.41, 5.74) is 0. The average Bonchev–Trinajstić information content (AvgIpc) is 3.35. The fourth-order valence-electron chi connectivity index (χ4n) is 3.20. The van der Waals surface area contributed by atoms with E-state index in [4.69, 9.17) is 4.42 Å². The first-order valence-corrected chi connectivity index (χ1v) is 9.21. The molecule has 1 fully saturated rings. The van der Waals surface area contributed by atoms with E-state index in [1.165, 1.54) is 24.0 Å². The second kappa shape index (κ2) is 7.66. The molecule has 2 N–H and O–H groups in total. The number of carbonyl (C=O) groups is 2. The molecule has 24 heavy (non-hydrogen) atoms. The highest BCUT2D eigenvalue weighted by Crippen LogP contribution is 2.37. The Bertz CT molecular complexity index is 661. The molecule has 1 saturated carbocycles. The van der Waals surface area contributed by atoms with Crippen molar-refractivity contribution in [3.63, 3.8) is 0 Å². The van der Waals surface area contributed by atoms with Gasteiger partial charge < -0.3 is 15.1 Å². The van der Waals surface area contributed by atoms with E-state index in [-0.39, 0.29) is 23.6 Å². The number of rotatable bonds is 6. The summed E-state index contributed by atoms with van der Waals surface area (Å²) in [5.74, 6) is 0.136. The second-order valence-electron chi connectivity index (χ2n) is 6.22. The monoisotopic (exact) mass is 346 g/mol. The van der Waals surface area contributed by atoms with Crippen LogP contribution in [0.1, 0.15) is 54.1 Å². The molecule has 3 rings (SSSR count). The molecule has 2 amide bonds. The van der Waals surface area contributed by atoms with Crippen LogP contribution in [0.15, 0.2) is 40.3 Å². The fraction of sp³-hybridized carbons (Fsp3) is 0.444. The minimum absolute atomic E-state index is 0.0305. The Labute approximate surface area is 145 Å². The summed E-state index contributed by atoms with van der Waals surface area (Å²) >= 11 is 1.67. The summed E-state index contributed by atoms with van der Waals surface area (Å²) in [6.45, 7) is 1.69. The van der Waals surface area contributed by atoms with Crippen molar-refractivity contribution in [2.45, 2.75) is 44.7 Å². The Morgan fingerprint density at radius 2 is 2.00 bits per heavy atom. The largest absolute Gasteiger partial charge is 0.459 e. The van der Waals surface area contributed by atoms with E-state index in [0.29, 0.717) is 5.92 Å². The molecule has 0 spiro atoms. The lowest BCUT2D eigenvalue weighted by Crippen LogP contribution is -2.46. The molecule has 0 unspecified atom stereocenters. The highest BCUT2D eigenvalue weighted by molar-refractivity contribution is 7.10. The van der Waals surface area contributed by atoms with Crippen molar-refractivity contribution in [2.24, 2.45) is 5.92 Å². The number of hydrogen-bond donors (Lipinski definition) is 2. The van der Waals surface area contributed by atoms with Crippen molar-refractivity contribution < 1.29 is 14.0 Å². The van der Waals surface area contributed by atoms with Crippen molar-refractivity contribution in [3.8, 4) is 0 Å². The topological polar surface area (TPSA) is 71.3 Å². The Morgan fingerprint density at radius 1 is 1.21 bits per heavy atom. The standard InChI is InChI=1S/C18H22N2O3S/c1-12(19-18(22)14-8-4-10-23-14)17(21)20-16(13-6-2-3-7-13)15-9-5-11-24-15/h4-5,8-13,16H,2-3,6-7H2,1H3,(H,19,22)(H,20,21)/t12-,16-/m0/s1. The first-order chi connectivity index (χ1) is 11.6. The highest BCUT2D eigenvalue weighted by Gasteiger charge is 2.30. The van der Waals surface area contributed by atoms with E-state index in [9.17, 15) is 9.59 Å². The fourth-order valence-corrected chi connectivity index (χ4v) is 4.07. The van der Waals surface area contributed by atoms with Crippen molar-refractivity contribution in [1.29, 1.82) is 0 Å². The molecule has 2 heterocycles. The zero-order valence-electron chi connectivity index (χ0n) is 13.7. The molecule has 0 aromatic carbocycles. The molecular weight excluding hydrogens is 324 g/mol. The zero-order valence-corrected chi connectivity index (χ0v) is 14.5. The van der Waals surface area contributed by atoms with E-state index in [2.05, 4.69) is 16.7 Å². The van der Waals surface area contributed by atoms with Gasteiger partial charge in [0, 0.05) is 4.88 Å². The van der Waals surface area contributed by atoms with Gasteiger partial charge in [0.15, 0.2) is 5.76 Å². The van der Waals surface area contributed by atoms with Gasteiger partial charge in [0.05, 0.1) is 12.3 Å². The van der Waals surface area contributed by atoms with Gasteiger partial charge in [-0.2, -0.15) is 0 Å². The molecule has 0 aliphatic heterocycles. The number of amides is 2. The van der Waals surface area contributed by atoms with Crippen molar-refractivity contribution in [2.75, 3.05) is 0 Å². The quantitative estimate of drug-likeness (QED) is 0.841. The summed E-state index contributed by atoms with van der Waals surface area (Å²) in [4.78, 5) is 25.7. The maximum atomic E-state index is 12.6. The van der Waals surface area contributed by atoms with Crippen molar-refractivity contribution >= 4 is 23.2 Å². The first-order valence-electron chi connectivity index (χ1n) is 8.33. The van der Waals surface area contributed by atoms with E-state index >= 15 is 0 Å². The lowest BCUT2D eigenvalue weighted by molar-refractivity contribution is -0.123. The van der Waals surface area contributed by atoms with Gasteiger partial charge in [-0.05, 0) is 49.3 Å². The molecule has 128 valence electrons. The van der Waals surface area contributed by atoms with Gasteiger partial charge in [-0.15, -0.1) is 11.3 Å². The highest BCUT2D eigenvalue weighted by atomic mass is 32.1. The van der Waals surface area contributed by atoms with Gasteiger partial charge in [-0.25, -0.2) is 0 Å². The zero-order chi connectivity index (χ0) is 16.9. The van der Waals surface area contributed by atoms with E-state index < -0.39 is 6.04 Å². The summed E-state index contributed by atoms with van der Waals surface area (Å²) in [7, 11) is 0. The normalized spacial score (nSPS) is 17.4. The van der Waals surface area contributed by atoms with Gasteiger partial charge in [-0.1, -0.05) is 18.9 Å². The molecule has 0 bridgehead atoms. The number of hydrogen-bond acceptors (Lipinski definition) is 4. The van der Waals surface area contributed by atoms with Crippen LogP contribution < -0.4 is 10.6 Å². The van der Waals surface area contributed by atoms with Crippen molar-refractivity contribution in [1.82, 2.24) is 10.6 Å². The van der Waals surface area contributed by atoms with Gasteiger partial charge in [-0.3, -0.25) is 9.59 Å². The summed E-state index contributed by atoms with van der Waals surface area (Å²) < 4.78 is 5.06. The van der Waals surface area contributed by atoms with Crippen molar-refractivity contribution in [3.05, 3.63) is 46.5 Å². The molecule has 0 radical (unpaired) electrons. The van der Waals surface area contributed by atoms with Crippen LogP contribution >= 0.6 is 11.3 Å². The molecule has 1 aliphatic rings. The minimum atomic E-state index is -0.619. The Hall–Kier alpha value is -2.08. The smallest absolute Gasteiger partial charge is 0.287 e. The SMILES string of the molecule is C[C@H](NC(=O)c1ccco1)C(=O)N[C@H](c1cccs1)C1CCCC1. The van der Waals surface area contributed by atoms with Crippen LogP contribution in [0.4, 0.5) is 0 Å². The van der Waals surface area contributed by atoms with Crippen LogP contribution in [0.25, 0.3) is 0 Å². The van der Waals surface area contributed by atoms with Crippen LogP contribution in [-0.2, 0) is 4.79 Å². The van der Waals surface area contributed by atoms with E-state index in [1.54, 1.807) is 30.4 Å². The second-order valence-corrected chi connectivity index (χ2v) is 7.20. The lowest BCUT2D eigenvalue weighted by Gasteiger charge is -2.25. The third-order valence-electron chi connectivity index (χ3n) is 4.50. The predicted molar refractivity (Wildman–Crippen MR) is 92.8 cm³/mol. The average molecular weight is 346 g/mol. The van der Waals surface area contributed by atoms with Crippen LogP contribution in [0.2, 0.25) is 0 Å².